The van der Waals surface area contributed by atoms with Crippen LogP contribution in [0.5, 0.6) is 0 Å². The Morgan fingerprint density at radius 2 is 1.89 bits per heavy atom. The van der Waals surface area contributed by atoms with Crippen molar-refractivity contribution < 1.29 is 9.59 Å². The molecule has 1 aromatic carbocycles. The highest BCUT2D eigenvalue weighted by Gasteiger charge is 2.42. The zero-order valence-electron chi connectivity index (χ0n) is 23.3. The van der Waals surface area contributed by atoms with E-state index in [1.165, 1.54) is 24.0 Å². The summed E-state index contributed by atoms with van der Waals surface area (Å²) in [5, 5.41) is 3.22. The molecule has 38 heavy (non-hydrogen) atoms. The van der Waals surface area contributed by atoms with Crippen molar-refractivity contribution in [3.05, 3.63) is 65.5 Å². The second-order valence-corrected chi connectivity index (χ2v) is 11.8. The number of hydrogen-bond acceptors (Lipinski definition) is 5. The lowest BCUT2D eigenvalue weighted by Crippen LogP contribution is -2.47. The van der Waals surface area contributed by atoms with Crippen LogP contribution in [0.4, 0.5) is 0 Å². The molecule has 7 nitrogen and oxygen atoms in total. The maximum Gasteiger partial charge on any atom is 0.256 e. The number of hydrogen-bond donors (Lipinski definition) is 2. The largest absolute Gasteiger partial charge is 0.354 e. The molecule has 0 bridgehead atoms. The maximum absolute atomic E-state index is 13.6. The molecule has 2 aromatic rings. The summed E-state index contributed by atoms with van der Waals surface area (Å²) in [6, 6.07) is 11.8. The summed E-state index contributed by atoms with van der Waals surface area (Å²) in [5.74, 6) is 1.31. The van der Waals surface area contributed by atoms with Crippen LogP contribution in [0.15, 0.2) is 48.8 Å². The van der Waals surface area contributed by atoms with Crippen molar-refractivity contribution in [3.8, 4) is 0 Å². The minimum absolute atomic E-state index is 0.0422. The van der Waals surface area contributed by atoms with Gasteiger partial charge < -0.3 is 16.0 Å². The molecule has 1 saturated heterocycles. The molecule has 0 spiro atoms. The third kappa shape index (κ3) is 7.41. The van der Waals surface area contributed by atoms with Crippen molar-refractivity contribution in [2.24, 2.45) is 23.5 Å². The number of carbonyl (C=O) groups excluding carboxylic acids is 2. The van der Waals surface area contributed by atoms with Crippen LogP contribution in [0.25, 0.3) is 0 Å². The Morgan fingerprint density at radius 1 is 1.13 bits per heavy atom. The van der Waals surface area contributed by atoms with Gasteiger partial charge >= 0.3 is 0 Å². The Labute approximate surface area is 228 Å². The van der Waals surface area contributed by atoms with Crippen LogP contribution < -0.4 is 11.1 Å². The quantitative estimate of drug-likeness (QED) is 0.495. The number of rotatable bonds is 10. The molecule has 3 N–H and O–H groups in total. The van der Waals surface area contributed by atoms with Crippen molar-refractivity contribution >= 4 is 11.8 Å². The van der Waals surface area contributed by atoms with E-state index in [0.717, 1.165) is 32.5 Å². The highest BCUT2D eigenvalue weighted by atomic mass is 16.2. The second-order valence-electron chi connectivity index (χ2n) is 11.8. The van der Waals surface area contributed by atoms with Crippen LogP contribution in [0.2, 0.25) is 0 Å². The van der Waals surface area contributed by atoms with E-state index < -0.39 is 6.04 Å². The van der Waals surface area contributed by atoms with E-state index in [9.17, 15) is 9.59 Å². The zero-order chi connectivity index (χ0) is 27.1. The molecule has 2 fully saturated rings. The van der Waals surface area contributed by atoms with E-state index >= 15 is 0 Å². The molecule has 2 heterocycles. The lowest BCUT2D eigenvalue weighted by atomic mass is 9.81. The first-order valence-electron chi connectivity index (χ1n) is 14.3. The lowest BCUT2D eigenvalue weighted by molar-refractivity contribution is -0.125. The molecule has 0 radical (unpaired) electrons. The van der Waals surface area contributed by atoms with Crippen LogP contribution in [-0.4, -0.2) is 64.9 Å². The van der Waals surface area contributed by atoms with Gasteiger partial charge in [0.2, 0.25) is 5.91 Å². The first kappa shape index (κ1) is 28.2. The molecule has 4 atom stereocenters. The molecule has 1 saturated carbocycles. The Kier molecular flexibility index (Phi) is 9.91. The van der Waals surface area contributed by atoms with E-state index in [4.69, 9.17) is 5.73 Å². The van der Waals surface area contributed by atoms with Crippen LogP contribution in [0.3, 0.4) is 0 Å². The number of likely N-dealkylation sites (tertiary alicyclic amines) is 1. The molecule has 1 aromatic heterocycles. The highest BCUT2D eigenvalue weighted by molar-refractivity contribution is 5.97. The number of benzene rings is 1. The van der Waals surface area contributed by atoms with E-state index in [1.807, 2.05) is 0 Å². The summed E-state index contributed by atoms with van der Waals surface area (Å²) in [6.45, 7) is 10.2. The summed E-state index contributed by atoms with van der Waals surface area (Å²) >= 11 is 0. The Bertz CT molecular complexity index is 1040. The average molecular weight is 520 g/mol. The number of nitrogens with two attached hydrogens (primary N) is 1. The summed E-state index contributed by atoms with van der Waals surface area (Å²) in [6.07, 6.45) is 8.44. The van der Waals surface area contributed by atoms with Crippen LogP contribution >= 0.6 is 0 Å². The second kappa shape index (κ2) is 13.3. The summed E-state index contributed by atoms with van der Waals surface area (Å²) in [4.78, 5) is 35.6. The van der Waals surface area contributed by atoms with Gasteiger partial charge in [-0.2, -0.15) is 0 Å². The van der Waals surface area contributed by atoms with Crippen molar-refractivity contribution in [1.29, 1.82) is 0 Å². The Morgan fingerprint density at radius 3 is 2.58 bits per heavy atom. The normalized spacial score (nSPS) is 23.7. The minimum atomic E-state index is -0.491. The third-order valence-corrected chi connectivity index (χ3v) is 8.16. The standard InChI is InChI=1S/C31H45N5O2/c1-22(2)19-35(20-24-11-9-23(3)10-12-24)28-15-29(36(21-28)31(38)27-8-5-13-33-18-27)30(37)34-17-26-7-4-6-25(14-26)16-32/h5,8-13,18,22,25-26,28-29H,4,6-7,14-17,19-21,32H2,1-3H3,(H,34,37). The number of carbonyl (C=O) groups is 2. The predicted molar refractivity (Wildman–Crippen MR) is 151 cm³/mol. The highest BCUT2D eigenvalue weighted by Crippen LogP contribution is 2.29. The molecular weight excluding hydrogens is 474 g/mol. The van der Waals surface area contributed by atoms with Crippen molar-refractivity contribution in [3.63, 3.8) is 0 Å². The minimum Gasteiger partial charge on any atom is -0.354 e. The fraction of sp³-hybridized carbons (Fsp3) is 0.581. The molecule has 2 amide bonds. The smallest absolute Gasteiger partial charge is 0.256 e. The molecule has 4 rings (SSSR count). The summed E-state index contributed by atoms with van der Waals surface area (Å²) in [5.41, 5.74) is 8.95. The van der Waals surface area contributed by atoms with Crippen LogP contribution in [0, 0.1) is 24.7 Å². The first-order valence-corrected chi connectivity index (χ1v) is 14.3. The Hall–Kier alpha value is -2.77. The zero-order valence-corrected chi connectivity index (χ0v) is 23.3. The monoisotopic (exact) mass is 519 g/mol. The fourth-order valence-electron chi connectivity index (χ4n) is 6.11. The van der Waals surface area contributed by atoms with Gasteiger partial charge in [0, 0.05) is 44.6 Å². The first-order chi connectivity index (χ1) is 18.3. The van der Waals surface area contributed by atoms with Crippen LogP contribution in [-0.2, 0) is 11.3 Å². The van der Waals surface area contributed by atoms with Gasteiger partial charge in [0.25, 0.3) is 5.91 Å². The predicted octanol–water partition coefficient (Wildman–Crippen LogP) is 4.01. The number of amides is 2. The van der Waals surface area contributed by atoms with E-state index in [-0.39, 0.29) is 17.9 Å². The molecule has 2 aliphatic rings. The van der Waals surface area contributed by atoms with E-state index in [0.29, 0.717) is 42.8 Å². The molecule has 1 aliphatic carbocycles. The maximum atomic E-state index is 13.6. The van der Waals surface area contributed by atoms with Gasteiger partial charge in [-0.25, -0.2) is 0 Å². The molecule has 206 valence electrons. The van der Waals surface area contributed by atoms with Gasteiger partial charge in [-0.1, -0.05) is 50.1 Å². The van der Waals surface area contributed by atoms with Crippen molar-refractivity contribution in [2.45, 2.75) is 71.5 Å². The topological polar surface area (TPSA) is 91.6 Å². The van der Waals surface area contributed by atoms with Gasteiger partial charge in [0.1, 0.15) is 6.04 Å². The van der Waals surface area contributed by atoms with Gasteiger partial charge in [0.05, 0.1) is 5.56 Å². The number of pyridine rings is 1. The van der Waals surface area contributed by atoms with Crippen molar-refractivity contribution in [2.75, 3.05) is 26.2 Å². The van der Waals surface area contributed by atoms with E-state index in [2.05, 4.69) is 60.2 Å². The molecule has 7 heteroatoms. The SMILES string of the molecule is Cc1ccc(CN(CC(C)C)C2CC(C(=O)NCC3CCCC(CN)C3)N(C(=O)c3cccnc3)C2)cc1. The van der Waals surface area contributed by atoms with Gasteiger partial charge in [-0.3, -0.25) is 19.5 Å². The van der Waals surface area contributed by atoms with Gasteiger partial charge in [0.15, 0.2) is 0 Å². The molecule has 1 aliphatic heterocycles. The lowest BCUT2D eigenvalue weighted by Gasteiger charge is -2.30. The summed E-state index contributed by atoms with van der Waals surface area (Å²) in [7, 11) is 0. The fourth-order valence-corrected chi connectivity index (χ4v) is 6.11. The molecule has 4 unspecified atom stereocenters. The number of nitrogens with zero attached hydrogens (tertiary/aromatic N) is 3. The Balaban J connectivity index is 1.51. The van der Waals surface area contributed by atoms with Gasteiger partial charge in [-0.05, 0) is 74.6 Å². The molecular formula is C31H45N5O2. The summed E-state index contributed by atoms with van der Waals surface area (Å²) < 4.78 is 0. The van der Waals surface area contributed by atoms with E-state index in [1.54, 1.807) is 29.4 Å². The van der Waals surface area contributed by atoms with Gasteiger partial charge in [-0.15, -0.1) is 0 Å². The van der Waals surface area contributed by atoms with Crippen molar-refractivity contribution in [1.82, 2.24) is 20.1 Å². The number of nitrogens with one attached hydrogen (secondary N) is 1. The number of aryl methyl sites for hydroxylation is 1. The average Bonchev–Trinajstić information content (AvgIpc) is 3.38. The number of aromatic nitrogens is 1. The van der Waals surface area contributed by atoms with Crippen LogP contribution in [0.1, 0.15) is 67.4 Å². The third-order valence-electron chi connectivity index (χ3n) is 8.16.